The molecule has 8 heteroatoms. The number of nitro benzene ring substituents is 1. The van der Waals surface area contributed by atoms with E-state index in [2.05, 4.69) is 0 Å². The molecule has 0 radical (unpaired) electrons. The second-order valence-electron chi connectivity index (χ2n) is 6.22. The minimum absolute atomic E-state index is 0. The molecule has 2 N–H and O–H groups in total. The van der Waals surface area contributed by atoms with E-state index in [1.54, 1.807) is 18.2 Å². The third kappa shape index (κ3) is 4.22. The highest BCUT2D eigenvalue weighted by Crippen LogP contribution is 2.31. The molecule has 1 fully saturated rings. The molecule has 1 aliphatic rings. The van der Waals surface area contributed by atoms with Crippen LogP contribution in [0, 0.1) is 15.5 Å². The van der Waals surface area contributed by atoms with Gasteiger partial charge in [0.05, 0.1) is 10.3 Å². The van der Waals surface area contributed by atoms with Crippen molar-refractivity contribution in [2.45, 2.75) is 26.7 Å². The first-order valence-corrected chi connectivity index (χ1v) is 8.47. The SMILES string of the molecule is CCC(CC)(CN)C(=O)N1CCN(c2ccccc2[N+](=O)[O-])CC1.Cl. The van der Waals surface area contributed by atoms with Gasteiger partial charge in [-0.1, -0.05) is 26.0 Å². The number of anilines is 1. The minimum Gasteiger partial charge on any atom is -0.362 e. The van der Waals surface area contributed by atoms with Gasteiger partial charge in [-0.3, -0.25) is 14.9 Å². The van der Waals surface area contributed by atoms with Crippen molar-refractivity contribution in [3.8, 4) is 0 Å². The van der Waals surface area contributed by atoms with Crippen LogP contribution in [0.1, 0.15) is 26.7 Å². The number of para-hydroxylation sites is 2. The van der Waals surface area contributed by atoms with Crippen molar-refractivity contribution in [1.82, 2.24) is 4.90 Å². The van der Waals surface area contributed by atoms with Crippen molar-refractivity contribution in [1.29, 1.82) is 0 Å². The third-order valence-electron chi connectivity index (χ3n) is 5.18. The molecule has 0 saturated carbocycles. The average Bonchev–Trinajstić information content (AvgIpc) is 2.63. The Hall–Kier alpha value is -1.86. The van der Waals surface area contributed by atoms with Crippen LogP contribution in [0.4, 0.5) is 11.4 Å². The molecule has 0 aliphatic carbocycles. The number of carbonyl (C=O) groups is 1. The molecule has 7 nitrogen and oxygen atoms in total. The molecular formula is C17H27ClN4O3. The zero-order valence-corrected chi connectivity index (χ0v) is 15.6. The van der Waals surface area contributed by atoms with E-state index < -0.39 is 5.41 Å². The number of piperazine rings is 1. The normalized spacial score (nSPS) is 14.8. The Morgan fingerprint density at radius 3 is 2.24 bits per heavy atom. The molecule has 0 aromatic heterocycles. The largest absolute Gasteiger partial charge is 0.362 e. The summed E-state index contributed by atoms with van der Waals surface area (Å²) in [7, 11) is 0. The summed E-state index contributed by atoms with van der Waals surface area (Å²) in [6.45, 7) is 6.65. The number of nitrogens with zero attached hydrogens (tertiary/aromatic N) is 3. The molecule has 1 saturated heterocycles. The number of nitrogens with two attached hydrogens (primary N) is 1. The molecule has 0 bridgehead atoms. The van der Waals surface area contributed by atoms with E-state index in [-0.39, 0.29) is 28.9 Å². The molecule has 1 aromatic rings. The monoisotopic (exact) mass is 370 g/mol. The number of benzene rings is 1. The average molecular weight is 371 g/mol. The van der Waals surface area contributed by atoms with Crippen LogP contribution in [-0.4, -0.2) is 48.5 Å². The molecule has 2 rings (SSSR count). The minimum atomic E-state index is -0.485. The lowest BCUT2D eigenvalue weighted by molar-refractivity contribution is -0.384. The van der Waals surface area contributed by atoms with Crippen molar-refractivity contribution in [2.75, 3.05) is 37.6 Å². The molecule has 0 spiro atoms. The summed E-state index contributed by atoms with van der Waals surface area (Å²) in [5.41, 5.74) is 6.11. The van der Waals surface area contributed by atoms with Gasteiger partial charge in [0.1, 0.15) is 5.69 Å². The number of halogens is 1. The molecule has 1 aliphatic heterocycles. The molecule has 1 amide bonds. The Morgan fingerprint density at radius 2 is 1.76 bits per heavy atom. The van der Waals surface area contributed by atoms with Crippen LogP contribution < -0.4 is 10.6 Å². The quantitative estimate of drug-likeness (QED) is 0.613. The van der Waals surface area contributed by atoms with E-state index in [4.69, 9.17) is 5.73 Å². The number of hydrogen-bond acceptors (Lipinski definition) is 5. The van der Waals surface area contributed by atoms with Gasteiger partial charge in [-0.2, -0.15) is 0 Å². The van der Waals surface area contributed by atoms with Crippen LogP contribution in [0.2, 0.25) is 0 Å². The van der Waals surface area contributed by atoms with Crippen LogP contribution in [-0.2, 0) is 4.79 Å². The van der Waals surface area contributed by atoms with Crippen molar-refractivity contribution in [2.24, 2.45) is 11.1 Å². The Labute approximate surface area is 154 Å². The first kappa shape index (κ1) is 21.2. The van der Waals surface area contributed by atoms with E-state index >= 15 is 0 Å². The van der Waals surface area contributed by atoms with Crippen molar-refractivity contribution < 1.29 is 9.72 Å². The highest BCUT2D eigenvalue weighted by atomic mass is 35.5. The fraction of sp³-hybridized carbons (Fsp3) is 0.588. The Balaban J connectivity index is 0.00000312. The van der Waals surface area contributed by atoms with Gasteiger partial charge in [-0.25, -0.2) is 0 Å². The summed E-state index contributed by atoms with van der Waals surface area (Å²) in [5, 5.41) is 11.2. The van der Waals surface area contributed by atoms with Gasteiger partial charge in [0.15, 0.2) is 0 Å². The van der Waals surface area contributed by atoms with Crippen LogP contribution in [0.25, 0.3) is 0 Å². The summed E-state index contributed by atoms with van der Waals surface area (Å²) in [4.78, 5) is 27.5. The molecule has 140 valence electrons. The zero-order valence-electron chi connectivity index (χ0n) is 14.8. The van der Waals surface area contributed by atoms with Gasteiger partial charge in [0.25, 0.3) is 5.69 Å². The van der Waals surface area contributed by atoms with Crippen molar-refractivity contribution in [3.05, 3.63) is 34.4 Å². The van der Waals surface area contributed by atoms with E-state index in [9.17, 15) is 14.9 Å². The fourth-order valence-corrected chi connectivity index (χ4v) is 3.30. The smallest absolute Gasteiger partial charge is 0.292 e. The van der Waals surface area contributed by atoms with Gasteiger partial charge >= 0.3 is 0 Å². The Kier molecular flexibility index (Phi) is 7.63. The molecule has 1 heterocycles. The summed E-state index contributed by atoms with van der Waals surface area (Å²) in [5.74, 6) is 0.109. The van der Waals surface area contributed by atoms with Crippen LogP contribution in [0.3, 0.4) is 0 Å². The van der Waals surface area contributed by atoms with E-state index in [1.807, 2.05) is 23.6 Å². The summed E-state index contributed by atoms with van der Waals surface area (Å²) in [6.07, 6.45) is 1.45. The van der Waals surface area contributed by atoms with Gasteiger partial charge in [0, 0.05) is 38.8 Å². The van der Waals surface area contributed by atoms with Gasteiger partial charge < -0.3 is 15.5 Å². The van der Waals surface area contributed by atoms with Crippen LogP contribution in [0.5, 0.6) is 0 Å². The Morgan fingerprint density at radius 1 is 1.20 bits per heavy atom. The highest BCUT2D eigenvalue weighted by molar-refractivity contribution is 5.85. The zero-order chi connectivity index (χ0) is 17.7. The number of carbonyl (C=O) groups excluding carboxylic acids is 1. The van der Waals surface area contributed by atoms with E-state index in [0.29, 0.717) is 38.4 Å². The second kappa shape index (κ2) is 9.01. The van der Waals surface area contributed by atoms with Crippen LogP contribution >= 0.6 is 12.4 Å². The van der Waals surface area contributed by atoms with E-state index in [1.165, 1.54) is 6.07 Å². The second-order valence-corrected chi connectivity index (χ2v) is 6.22. The van der Waals surface area contributed by atoms with Crippen LogP contribution in [0.15, 0.2) is 24.3 Å². The predicted molar refractivity (Wildman–Crippen MR) is 101 cm³/mol. The molecule has 0 unspecified atom stereocenters. The summed E-state index contributed by atoms with van der Waals surface area (Å²) >= 11 is 0. The molecule has 0 atom stereocenters. The number of rotatable bonds is 6. The third-order valence-corrected chi connectivity index (χ3v) is 5.18. The highest BCUT2D eigenvalue weighted by Gasteiger charge is 2.38. The molecular weight excluding hydrogens is 344 g/mol. The number of amides is 1. The lowest BCUT2D eigenvalue weighted by atomic mass is 9.81. The lowest BCUT2D eigenvalue weighted by Gasteiger charge is -2.40. The maximum absolute atomic E-state index is 12.9. The molecule has 1 aromatic carbocycles. The van der Waals surface area contributed by atoms with Crippen molar-refractivity contribution in [3.63, 3.8) is 0 Å². The lowest BCUT2D eigenvalue weighted by Crippen LogP contribution is -2.55. The predicted octanol–water partition coefficient (Wildman–Crippen LogP) is 2.43. The van der Waals surface area contributed by atoms with Gasteiger partial charge in [0.2, 0.25) is 5.91 Å². The first-order chi connectivity index (χ1) is 11.5. The number of hydrogen-bond donors (Lipinski definition) is 1. The fourth-order valence-electron chi connectivity index (χ4n) is 3.30. The standard InChI is InChI=1S/C17H26N4O3.ClH/c1-3-17(4-2,13-18)16(22)20-11-9-19(10-12-20)14-7-5-6-8-15(14)21(23)24;/h5-8H,3-4,9-13,18H2,1-2H3;1H. The Bertz CT molecular complexity index is 591. The van der Waals surface area contributed by atoms with Crippen molar-refractivity contribution >= 4 is 29.7 Å². The molecule has 25 heavy (non-hydrogen) atoms. The first-order valence-electron chi connectivity index (χ1n) is 8.47. The number of nitro groups is 1. The maximum Gasteiger partial charge on any atom is 0.292 e. The van der Waals surface area contributed by atoms with Gasteiger partial charge in [-0.15, -0.1) is 12.4 Å². The summed E-state index contributed by atoms with van der Waals surface area (Å²) < 4.78 is 0. The summed E-state index contributed by atoms with van der Waals surface area (Å²) in [6, 6.07) is 6.74. The van der Waals surface area contributed by atoms with E-state index in [0.717, 1.165) is 12.8 Å². The topological polar surface area (TPSA) is 92.7 Å². The van der Waals surface area contributed by atoms with Gasteiger partial charge in [-0.05, 0) is 18.9 Å². The maximum atomic E-state index is 12.9.